The minimum absolute atomic E-state index is 0.0588. The summed E-state index contributed by atoms with van der Waals surface area (Å²) in [6, 6.07) is 19.7. The standard InChI is InChI=1S/C23H17NO6S/c1-30-16-13-11-15(12-14-16)22(25)21-20(23(26)27)18-9-5-6-10-19(18)24(21)31(28,29)17-7-3-2-4-8-17/h2-14H,1H3,(H,26,27). The molecule has 1 aromatic heterocycles. The quantitative estimate of drug-likeness (QED) is 0.462. The van der Waals surface area contributed by atoms with E-state index in [2.05, 4.69) is 0 Å². The van der Waals surface area contributed by atoms with Crippen LogP contribution in [-0.2, 0) is 10.0 Å². The number of aromatic carboxylic acids is 1. The SMILES string of the molecule is COc1ccc(C(=O)c2c(C(=O)O)c3ccccc3n2S(=O)(=O)c2ccccc2)cc1. The normalized spacial score (nSPS) is 11.4. The lowest BCUT2D eigenvalue weighted by Gasteiger charge is -2.12. The molecule has 0 unspecified atom stereocenters. The van der Waals surface area contributed by atoms with Crippen LogP contribution in [0.3, 0.4) is 0 Å². The number of methoxy groups -OCH3 is 1. The van der Waals surface area contributed by atoms with Crippen molar-refractivity contribution in [3.63, 3.8) is 0 Å². The molecule has 1 heterocycles. The van der Waals surface area contributed by atoms with Gasteiger partial charge in [-0.3, -0.25) is 4.79 Å². The minimum Gasteiger partial charge on any atom is -0.497 e. The predicted octanol–water partition coefficient (Wildman–Crippen LogP) is 3.82. The van der Waals surface area contributed by atoms with Crippen molar-refractivity contribution in [2.24, 2.45) is 0 Å². The van der Waals surface area contributed by atoms with E-state index in [1.165, 1.54) is 43.5 Å². The third-order valence-corrected chi connectivity index (χ3v) is 6.62. The summed E-state index contributed by atoms with van der Waals surface area (Å²) in [7, 11) is -2.79. The van der Waals surface area contributed by atoms with Gasteiger partial charge in [-0.15, -0.1) is 0 Å². The summed E-state index contributed by atoms with van der Waals surface area (Å²) in [4.78, 5) is 25.6. The summed E-state index contributed by atoms with van der Waals surface area (Å²) in [6.45, 7) is 0. The van der Waals surface area contributed by atoms with Gasteiger partial charge in [-0.05, 0) is 42.5 Å². The molecule has 0 atom stereocenters. The zero-order valence-electron chi connectivity index (χ0n) is 16.3. The Bertz CT molecular complexity index is 1400. The number of carbonyl (C=O) groups excluding carboxylic acids is 1. The predicted molar refractivity (Wildman–Crippen MR) is 114 cm³/mol. The van der Waals surface area contributed by atoms with Crippen LogP contribution >= 0.6 is 0 Å². The number of ether oxygens (including phenoxy) is 1. The van der Waals surface area contributed by atoms with E-state index >= 15 is 0 Å². The van der Waals surface area contributed by atoms with E-state index in [9.17, 15) is 23.1 Å². The van der Waals surface area contributed by atoms with Gasteiger partial charge in [-0.1, -0.05) is 36.4 Å². The number of hydrogen-bond acceptors (Lipinski definition) is 5. The topological polar surface area (TPSA) is 103 Å². The molecule has 0 saturated carbocycles. The summed E-state index contributed by atoms with van der Waals surface area (Å²) >= 11 is 0. The Morgan fingerprint density at radius 1 is 0.871 bits per heavy atom. The van der Waals surface area contributed by atoms with E-state index in [0.717, 1.165) is 3.97 Å². The number of carboxylic acids is 1. The Kier molecular flexibility index (Phi) is 5.08. The number of aromatic nitrogens is 1. The Balaban J connectivity index is 2.08. The van der Waals surface area contributed by atoms with Gasteiger partial charge in [0.1, 0.15) is 11.4 Å². The minimum atomic E-state index is -4.27. The largest absolute Gasteiger partial charge is 0.497 e. The average Bonchev–Trinajstić information content (AvgIpc) is 3.15. The summed E-state index contributed by atoms with van der Waals surface area (Å²) in [5, 5.41) is 10.1. The summed E-state index contributed by atoms with van der Waals surface area (Å²) in [5.74, 6) is -1.61. The molecule has 0 aliphatic carbocycles. The first-order valence-electron chi connectivity index (χ1n) is 9.22. The Hall–Kier alpha value is -3.91. The third-order valence-electron chi connectivity index (χ3n) is 4.89. The molecular weight excluding hydrogens is 418 g/mol. The first kappa shape index (κ1) is 20.4. The van der Waals surface area contributed by atoms with E-state index in [0.29, 0.717) is 5.75 Å². The molecule has 4 rings (SSSR count). The zero-order valence-corrected chi connectivity index (χ0v) is 17.2. The molecule has 4 aromatic rings. The molecule has 0 amide bonds. The van der Waals surface area contributed by atoms with Gasteiger partial charge in [0.2, 0.25) is 5.78 Å². The van der Waals surface area contributed by atoms with Crippen molar-refractivity contribution in [1.82, 2.24) is 3.97 Å². The monoisotopic (exact) mass is 435 g/mol. The fraction of sp³-hybridized carbons (Fsp3) is 0.0435. The summed E-state index contributed by atoms with van der Waals surface area (Å²) in [5.41, 5.74) is -0.546. The van der Waals surface area contributed by atoms with Crippen LogP contribution in [0.25, 0.3) is 10.9 Å². The molecule has 0 aliphatic heterocycles. The van der Waals surface area contributed by atoms with Crippen LogP contribution in [0.5, 0.6) is 5.75 Å². The highest BCUT2D eigenvalue weighted by Gasteiger charge is 2.33. The van der Waals surface area contributed by atoms with Crippen LogP contribution in [0.2, 0.25) is 0 Å². The number of ketones is 1. The second-order valence-electron chi connectivity index (χ2n) is 6.69. The number of rotatable bonds is 6. The van der Waals surface area contributed by atoms with E-state index in [1.54, 1.807) is 42.5 Å². The Morgan fingerprint density at radius 2 is 1.48 bits per heavy atom. The second-order valence-corrected chi connectivity index (χ2v) is 8.47. The van der Waals surface area contributed by atoms with E-state index in [1.807, 2.05) is 0 Å². The van der Waals surface area contributed by atoms with Gasteiger partial charge in [-0.25, -0.2) is 17.2 Å². The zero-order chi connectivity index (χ0) is 22.2. The van der Waals surface area contributed by atoms with Crippen LogP contribution in [0.4, 0.5) is 0 Å². The number of carboxylic acid groups (broad SMARTS) is 1. The average molecular weight is 435 g/mol. The van der Waals surface area contributed by atoms with Crippen molar-refractivity contribution in [3.8, 4) is 5.75 Å². The number of para-hydroxylation sites is 1. The van der Waals surface area contributed by atoms with E-state index in [4.69, 9.17) is 4.74 Å². The molecule has 0 radical (unpaired) electrons. The molecule has 31 heavy (non-hydrogen) atoms. The number of carbonyl (C=O) groups is 2. The molecule has 0 bridgehead atoms. The maximum atomic E-state index is 13.5. The molecular formula is C23H17NO6S. The molecule has 7 nitrogen and oxygen atoms in total. The number of benzene rings is 3. The molecule has 0 saturated heterocycles. The molecule has 0 spiro atoms. The van der Waals surface area contributed by atoms with Crippen molar-refractivity contribution in [2.45, 2.75) is 4.90 Å². The third kappa shape index (κ3) is 3.36. The highest BCUT2D eigenvalue weighted by atomic mass is 32.2. The first-order valence-corrected chi connectivity index (χ1v) is 10.7. The maximum Gasteiger partial charge on any atom is 0.338 e. The Morgan fingerprint density at radius 3 is 2.10 bits per heavy atom. The van der Waals surface area contributed by atoms with Crippen molar-refractivity contribution in [2.75, 3.05) is 7.11 Å². The van der Waals surface area contributed by atoms with Gasteiger partial charge >= 0.3 is 5.97 Å². The lowest BCUT2D eigenvalue weighted by atomic mass is 10.0. The van der Waals surface area contributed by atoms with Gasteiger partial charge in [-0.2, -0.15) is 0 Å². The van der Waals surface area contributed by atoms with Crippen LogP contribution in [0.15, 0.2) is 83.8 Å². The second kappa shape index (κ2) is 7.73. The highest BCUT2D eigenvalue weighted by Crippen LogP contribution is 2.32. The fourth-order valence-electron chi connectivity index (χ4n) is 3.46. The van der Waals surface area contributed by atoms with Crippen molar-refractivity contribution >= 4 is 32.7 Å². The molecule has 0 fully saturated rings. The van der Waals surface area contributed by atoms with Gasteiger partial charge in [0.05, 0.1) is 23.1 Å². The molecule has 156 valence electrons. The molecule has 1 N–H and O–H groups in total. The number of hydrogen-bond donors (Lipinski definition) is 1. The highest BCUT2D eigenvalue weighted by molar-refractivity contribution is 7.90. The van der Waals surface area contributed by atoms with E-state index in [-0.39, 0.29) is 26.9 Å². The lowest BCUT2D eigenvalue weighted by Crippen LogP contribution is -2.21. The summed E-state index contributed by atoms with van der Waals surface area (Å²) < 4.78 is 33.0. The Labute approximate surface area is 178 Å². The molecule has 8 heteroatoms. The van der Waals surface area contributed by atoms with Crippen LogP contribution in [0.1, 0.15) is 26.4 Å². The van der Waals surface area contributed by atoms with Gasteiger partial charge in [0.15, 0.2) is 0 Å². The smallest absolute Gasteiger partial charge is 0.338 e. The van der Waals surface area contributed by atoms with E-state index < -0.39 is 27.5 Å². The van der Waals surface area contributed by atoms with Crippen molar-refractivity contribution < 1.29 is 27.9 Å². The van der Waals surface area contributed by atoms with Crippen molar-refractivity contribution in [1.29, 1.82) is 0 Å². The van der Waals surface area contributed by atoms with Gasteiger partial charge in [0, 0.05) is 10.9 Å². The van der Waals surface area contributed by atoms with Gasteiger partial charge < -0.3 is 9.84 Å². The lowest BCUT2D eigenvalue weighted by molar-refractivity contribution is 0.0694. The fourth-order valence-corrected chi connectivity index (χ4v) is 5.01. The van der Waals surface area contributed by atoms with Gasteiger partial charge in [0.25, 0.3) is 10.0 Å². The van der Waals surface area contributed by atoms with Crippen LogP contribution in [0, 0.1) is 0 Å². The van der Waals surface area contributed by atoms with Crippen LogP contribution in [-0.4, -0.2) is 36.4 Å². The maximum absolute atomic E-state index is 13.5. The number of nitrogens with zero attached hydrogens (tertiary/aromatic N) is 1. The first-order chi connectivity index (χ1) is 14.9. The molecule has 3 aromatic carbocycles. The molecule has 0 aliphatic rings. The van der Waals surface area contributed by atoms with Crippen LogP contribution < -0.4 is 4.74 Å². The summed E-state index contributed by atoms with van der Waals surface area (Å²) in [6.07, 6.45) is 0. The van der Waals surface area contributed by atoms with Crippen molar-refractivity contribution in [3.05, 3.63) is 95.7 Å². The number of fused-ring (bicyclic) bond motifs is 1.